The number of hydrogen-bond donors (Lipinski definition) is 3. The minimum atomic E-state index is -0.136. The number of piperidine rings is 1. The standard InChI is InChI=1S/C21H30N4O3.ClH/c1-28-20(26)17-6-8-18(9-7-17)24-21(27)25-12-10-15(11-13-25)14-2-4-16(5-3-14)19(22)23;/h2-5,15,17-18H,6-13H2,1H3,(H3,22,23)(H,24,27);1H/t17-,18-;. The lowest BCUT2D eigenvalue weighted by Gasteiger charge is -2.34. The van der Waals surface area contributed by atoms with Gasteiger partial charge in [0.15, 0.2) is 0 Å². The van der Waals surface area contributed by atoms with Crippen LogP contribution in [-0.2, 0) is 9.53 Å². The molecule has 0 bridgehead atoms. The zero-order valence-corrected chi connectivity index (χ0v) is 17.7. The van der Waals surface area contributed by atoms with Crippen molar-refractivity contribution in [1.29, 1.82) is 5.41 Å². The monoisotopic (exact) mass is 422 g/mol. The van der Waals surface area contributed by atoms with Crippen LogP contribution in [0.1, 0.15) is 55.6 Å². The van der Waals surface area contributed by atoms with Crippen molar-refractivity contribution in [2.45, 2.75) is 50.5 Å². The van der Waals surface area contributed by atoms with Crippen LogP contribution in [-0.4, -0.2) is 49.0 Å². The van der Waals surface area contributed by atoms with E-state index in [2.05, 4.69) is 5.32 Å². The molecule has 7 nitrogen and oxygen atoms in total. The van der Waals surface area contributed by atoms with E-state index in [-0.39, 0.29) is 42.2 Å². The van der Waals surface area contributed by atoms with Crippen molar-refractivity contribution in [3.8, 4) is 0 Å². The largest absolute Gasteiger partial charge is 0.469 e. The first kappa shape index (κ1) is 23.0. The van der Waals surface area contributed by atoms with E-state index in [1.807, 2.05) is 29.2 Å². The smallest absolute Gasteiger partial charge is 0.317 e. The number of rotatable bonds is 4. The van der Waals surface area contributed by atoms with E-state index < -0.39 is 0 Å². The number of esters is 1. The van der Waals surface area contributed by atoms with Crippen LogP contribution in [0.5, 0.6) is 0 Å². The Bertz CT molecular complexity index is 709. The lowest BCUT2D eigenvalue weighted by atomic mass is 9.86. The highest BCUT2D eigenvalue weighted by Gasteiger charge is 2.30. The van der Waals surface area contributed by atoms with Gasteiger partial charge in [-0.05, 0) is 50.0 Å². The van der Waals surface area contributed by atoms with Crippen LogP contribution in [0.3, 0.4) is 0 Å². The molecule has 1 saturated carbocycles. The molecule has 160 valence electrons. The maximum Gasteiger partial charge on any atom is 0.317 e. The Kier molecular flexibility index (Phi) is 8.32. The maximum absolute atomic E-state index is 12.6. The minimum Gasteiger partial charge on any atom is -0.469 e. The molecule has 1 aliphatic heterocycles. The fraction of sp³-hybridized carbons (Fsp3) is 0.571. The number of benzene rings is 1. The van der Waals surface area contributed by atoms with Crippen molar-refractivity contribution in [3.63, 3.8) is 0 Å². The summed E-state index contributed by atoms with van der Waals surface area (Å²) in [5.74, 6) is 0.352. The molecule has 1 saturated heterocycles. The first-order chi connectivity index (χ1) is 13.5. The van der Waals surface area contributed by atoms with Crippen molar-refractivity contribution in [3.05, 3.63) is 35.4 Å². The number of likely N-dealkylation sites (tertiary alicyclic amines) is 1. The number of nitrogens with two attached hydrogens (primary N) is 1. The predicted octanol–water partition coefficient (Wildman–Crippen LogP) is 3.01. The summed E-state index contributed by atoms with van der Waals surface area (Å²) in [5.41, 5.74) is 7.49. The number of hydrogen-bond acceptors (Lipinski definition) is 4. The third kappa shape index (κ3) is 5.85. The summed E-state index contributed by atoms with van der Waals surface area (Å²) < 4.78 is 4.81. The molecule has 2 fully saturated rings. The lowest BCUT2D eigenvalue weighted by Crippen LogP contribution is -2.48. The minimum absolute atomic E-state index is 0. The first-order valence-corrected chi connectivity index (χ1v) is 10.1. The molecule has 1 aromatic carbocycles. The maximum atomic E-state index is 12.6. The third-order valence-corrected chi connectivity index (χ3v) is 6.06. The van der Waals surface area contributed by atoms with Crippen LogP contribution in [0.15, 0.2) is 24.3 Å². The fourth-order valence-electron chi connectivity index (χ4n) is 4.26. The number of amidine groups is 1. The highest BCUT2D eigenvalue weighted by atomic mass is 35.5. The topological polar surface area (TPSA) is 109 Å². The van der Waals surface area contributed by atoms with E-state index in [1.54, 1.807) is 0 Å². The molecule has 0 atom stereocenters. The number of halogens is 1. The van der Waals surface area contributed by atoms with Gasteiger partial charge in [0.05, 0.1) is 13.0 Å². The molecular formula is C21H31ClN4O3. The van der Waals surface area contributed by atoms with Crippen LogP contribution < -0.4 is 11.1 Å². The Morgan fingerprint density at radius 1 is 1.07 bits per heavy atom. The van der Waals surface area contributed by atoms with Gasteiger partial charge in [0.25, 0.3) is 0 Å². The van der Waals surface area contributed by atoms with Crippen LogP contribution >= 0.6 is 12.4 Å². The molecule has 0 aromatic heterocycles. The Morgan fingerprint density at radius 3 is 2.17 bits per heavy atom. The normalized spacial score (nSPS) is 22.3. The number of amides is 2. The van der Waals surface area contributed by atoms with Gasteiger partial charge in [0, 0.05) is 24.7 Å². The molecule has 2 aliphatic rings. The van der Waals surface area contributed by atoms with E-state index in [0.717, 1.165) is 57.2 Å². The highest BCUT2D eigenvalue weighted by molar-refractivity contribution is 5.94. The molecule has 1 aromatic rings. The number of ether oxygens (including phenoxy) is 1. The number of methoxy groups -OCH3 is 1. The van der Waals surface area contributed by atoms with Crippen LogP contribution in [0.2, 0.25) is 0 Å². The van der Waals surface area contributed by atoms with Gasteiger partial charge in [-0.15, -0.1) is 12.4 Å². The van der Waals surface area contributed by atoms with Crippen molar-refractivity contribution < 1.29 is 14.3 Å². The van der Waals surface area contributed by atoms with E-state index >= 15 is 0 Å². The zero-order chi connectivity index (χ0) is 20.1. The Hall–Kier alpha value is -2.28. The summed E-state index contributed by atoms with van der Waals surface area (Å²) in [4.78, 5) is 26.1. The molecule has 1 heterocycles. The van der Waals surface area contributed by atoms with Crippen LogP contribution in [0.25, 0.3) is 0 Å². The molecule has 4 N–H and O–H groups in total. The molecule has 3 rings (SSSR count). The van der Waals surface area contributed by atoms with Gasteiger partial charge in [-0.3, -0.25) is 10.2 Å². The van der Waals surface area contributed by atoms with E-state index in [1.165, 1.54) is 12.7 Å². The number of carbonyl (C=O) groups excluding carboxylic acids is 2. The fourth-order valence-corrected chi connectivity index (χ4v) is 4.26. The van der Waals surface area contributed by atoms with Crippen LogP contribution in [0.4, 0.5) is 4.79 Å². The molecule has 0 radical (unpaired) electrons. The molecule has 1 aliphatic carbocycles. The molecule has 0 unspecified atom stereocenters. The van der Waals surface area contributed by atoms with Gasteiger partial charge in [-0.25, -0.2) is 4.79 Å². The van der Waals surface area contributed by atoms with Crippen molar-refractivity contribution >= 4 is 30.2 Å². The lowest BCUT2D eigenvalue weighted by molar-refractivity contribution is -0.146. The number of urea groups is 1. The van der Waals surface area contributed by atoms with Gasteiger partial charge in [0.1, 0.15) is 5.84 Å². The van der Waals surface area contributed by atoms with Crippen molar-refractivity contribution in [2.24, 2.45) is 11.7 Å². The second kappa shape index (κ2) is 10.5. The summed E-state index contributed by atoms with van der Waals surface area (Å²) in [5, 5.41) is 10.6. The van der Waals surface area contributed by atoms with E-state index in [0.29, 0.717) is 5.92 Å². The summed E-state index contributed by atoms with van der Waals surface area (Å²) in [6, 6.07) is 8.01. The van der Waals surface area contributed by atoms with Gasteiger partial charge in [0.2, 0.25) is 0 Å². The second-order valence-corrected chi connectivity index (χ2v) is 7.82. The SMILES string of the molecule is COC(=O)[C@H]1CC[C@H](NC(=O)N2CCC(c3ccc(C(=N)N)cc3)CC2)CC1.Cl. The molecular weight excluding hydrogens is 392 g/mol. The van der Waals surface area contributed by atoms with Gasteiger partial charge < -0.3 is 20.7 Å². The summed E-state index contributed by atoms with van der Waals surface area (Å²) >= 11 is 0. The average Bonchev–Trinajstić information content (AvgIpc) is 2.74. The summed E-state index contributed by atoms with van der Waals surface area (Å²) in [6.07, 6.45) is 5.06. The number of nitrogens with zero attached hydrogens (tertiary/aromatic N) is 1. The van der Waals surface area contributed by atoms with Crippen molar-refractivity contribution in [2.75, 3.05) is 20.2 Å². The molecule has 2 amide bonds. The predicted molar refractivity (Wildman–Crippen MR) is 115 cm³/mol. The first-order valence-electron chi connectivity index (χ1n) is 10.1. The third-order valence-electron chi connectivity index (χ3n) is 6.06. The highest BCUT2D eigenvalue weighted by Crippen LogP contribution is 2.29. The molecule has 29 heavy (non-hydrogen) atoms. The number of carbonyl (C=O) groups is 2. The Labute approximate surface area is 178 Å². The number of nitrogen functional groups attached to an aromatic ring is 1. The van der Waals surface area contributed by atoms with Crippen molar-refractivity contribution in [1.82, 2.24) is 10.2 Å². The van der Waals surface area contributed by atoms with Crippen LogP contribution in [0, 0.1) is 11.3 Å². The average molecular weight is 423 g/mol. The Morgan fingerprint density at radius 2 is 1.66 bits per heavy atom. The van der Waals surface area contributed by atoms with E-state index in [4.69, 9.17) is 15.9 Å². The van der Waals surface area contributed by atoms with Gasteiger partial charge in [-0.2, -0.15) is 0 Å². The quantitative estimate of drug-likeness (QED) is 0.393. The van der Waals surface area contributed by atoms with Gasteiger partial charge >= 0.3 is 12.0 Å². The summed E-state index contributed by atoms with van der Waals surface area (Å²) in [6.45, 7) is 1.48. The zero-order valence-electron chi connectivity index (χ0n) is 16.9. The summed E-state index contributed by atoms with van der Waals surface area (Å²) in [7, 11) is 1.43. The molecule has 0 spiro atoms. The second-order valence-electron chi connectivity index (χ2n) is 7.82. The Balaban J connectivity index is 0.00000300. The van der Waals surface area contributed by atoms with Gasteiger partial charge in [-0.1, -0.05) is 24.3 Å². The number of nitrogens with one attached hydrogen (secondary N) is 2. The molecule has 8 heteroatoms. The van der Waals surface area contributed by atoms with E-state index in [9.17, 15) is 9.59 Å².